The highest BCUT2D eigenvalue weighted by Gasteiger charge is 2.40. The van der Waals surface area contributed by atoms with Crippen molar-refractivity contribution in [3.63, 3.8) is 0 Å². The predicted octanol–water partition coefficient (Wildman–Crippen LogP) is 2.87. The van der Waals surface area contributed by atoms with Crippen LogP contribution in [0.4, 0.5) is 13.2 Å². The molecule has 1 aromatic carbocycles. The Morgan fingerprint density at radius 1 is 1.42 bits per heavy atom. The van der Waals surface area contributed by atoms with Crippen molar-refractivity contribution in [1.82, 2.24) is 4.90 Å². The van der Waals surface area contributed by atoms with Crippen LogP contribution in [-0.4, -0.2) is 34.7 Å². The van der Waals surface area contributed by atoms with Gasteiger partial charge in [0.15, 0.2) is 0 Å². The van der Waals surface area contributed by atoms with E-state index in [9.17, 15) is 23.1 Å². The lowest BCUT2D eigenvalue weighted by atomic mass is 10.1. The number of halogens is 3. The first-order valence-electron chi connectivity index (χ1n) is 5.95. The van der Waals surface area contributed by atoms with Crippen LogP contribution in [-0.2, 0) is 0 Å². The molecule has 1 N–H and O–H groups in total. The van der Waals surface area contributed by atoms with Gasteiger partial charge in [-0.3, -0.25) is 4.79 Å². The van der Waals surface area contributed by atoms with Gasteiger partial charge >= 0.3 is 6.18 Å². The van der Waals surface area contributed by atoms with E-state index in [4.69, 9.17) is 0 Å². The number of phenols is 1. The number of carbonyl (C=O) groups is 1. The minimum absolute atomic E-state index is 0.0188. The molecule has 0 heterocycles. The molecule has 0 atom stereocenters. The molecule has 1 fully saturated rings. The van der Waals surface area contributed by atoms with E-state index in [1.54, 1.807) is 6.92 Å². The van der Waals surface area contributed by atoms with Crippen molar-refractivity contribution in [3.05, 3.63) is 29.3 Å². The molecule has 3 nitrogen and oxygen atoms in total. The van der Waals surface area contributed by atoms with Gasteiger partial charge in [0, 0.05) is 11.6 Å². The maximum Gasteiger partial charge on any atom is 0.406 e. The summed E-state index contributed by atoms with van der Waals surface area (Å²) in [5.41, 5.74) is 0.639. The molecule has 0 saturated heterocycles. The van der Waals surface area contributed by atoms with Crippen LogP contribution in [0, 0.1) is 6.92 Å². The van der Waals surface area contributed by atoms with Gasteiger partial charge in [-0.1, -0.05) is 0 Å². The first-order chi connectivity index (χ1) is 8.78. The smallest absolute Gasteiger partial charge is 0.406 e. The Morgan fingerprint density at radius 2 is 2.05 bits per heavy atom. The number of hydrogen-bond acceptors (Lipinski definition) is 2. The summed E-state index contributed by atoms with van der Waals surface area (Å²) in [5, 5.41) is 9.37. The van der Waals surface area contributed by atoms with Crippen molar-refractivity contribution in [2.24, 2.45) is 0 Å². The zero-order valence-corrected chi connectivity index (χ0v) is 10.4. The van der Waals surface area contributed by atoms with Gasteiger partial charge in [-0.25, -0.2) is 0 Å². The molecule has 1 saturated carbocycles. The van der Waals surface area contributed by atoms with Crippen LogP contribution in [0.3, 0.4) is 0 Å². The normalized spacial score (nSPS) is 15.4. The van der Waals surface area contributed by atoms with Crippen LogP contribution in [0.1, 0.15) is 28.8 Å². The van der Waals surface area contributed by atoms with Crippen LogP contribution in [0.5, 0.6) is 5.75 Å². The first kappa shape index (κ1) is 13.7. The Hall–Kier alpha value is -1.72. The van der Waals surface area contributed by atoms with Crippen LogP contribution in [0.2, 0.25) is 0 Å². The number of carbonyl (C=O) groups excluding carboxylic acids is 1. The van der Waals surface area contributed by atoms with Crippen molar-refractivity contribution in [2.75, 3.05) is 6.54 Å². The number of aromatic hydroxyl groups is 1. The van der Waals surface area contributed by atoms with E-state index in [-0.39, 0.29) is 17.4 Å². The quantitative estimate of drug-likeness (QED) is 0.920. The van der Waals surface area contributed by atoms with Crippen molar-refractivity contribution >= 4 is 5.91 Å². The molecule has 1 aliphatic carbocycles. The molecule has 19 heavy (non-hydrogen) atoms. The molecule has 104 valence electrons. The predicted molar refractivity (Wildman–Crippen MR) is 63.0 cm³/mol. The van der Waals surface area contributed by atoms with Crippen molar-refractivity contribution in [3.8, 4) is 5.75 Å². The minimum Gasteiger partial charge on any atom is -0.508 e. The second-order valence-corrected chi connectivity index (χ2v) is 4.78. The fourth-order valence-electron chi connectivity index (χ4n) is 1.90. The molecule has 1 aliphatic rings. The number of amides is 1. The van der Waals surface area contributed by atoms with Gasteiger partial charge in [0.2, 0.25) is 0 Å². The summed E-state index contributed by atoms with van der Waals surface area (Å²) >= 11 is 0. The third kappa shape index (κ3) is 3.39. The van der Waals surface area contributed by atoms with Gasteiger partial charge in [0.1, 0.15) is 12.3 Å². The molecular formula is C13H14F3NO2. The average Bonchev–Trinajstić information content (AvgIpc) is 3.11. The Kier molecular flexibility index (Phi) is 3.43. The minimum atomic E-state index is -4.40. The highest BCUT2D eigenvalue weighted by Crippen LogP contribution is 2.31. The van der Waals surface area contributed by atoms with Gasteiger partial charge < -0.3 is 10.0 Å². The van der Waals surface area contributed by atoms with Crippen molar-refractivity contribution in [1.29, 1.82) is 0 Å². The zero-order chi connectivity index (χ0) is 14.2. The van der Waals surface area contributed by atoms with E-state index < -0.39 is 18.6 Å². The Bertz CT molecular complexity index is 495. The maximum atomic E-state index is 12.5. The highest BCUT2D eigenvalue weighted by atomic mass is 19.4. The van der Waals surface area contributed by atoms with Crippen molar-refractivity contribution < 1.29 is 23.1 Å². The van der Waals surface area contributed by atoms with Gasteiger partial charge in [-0.15, -0.1) is 0 Å². The van der Waals surface area contributed by atoms with E-state index in [0.29, 0.717) is 18.4 Å². The van der Waals surface area contributed by atoms with Crippen LogP contribution in [0.15, 0.2) is 18.2 Å². The third-order valence-corrected chi connectivity index (χ3v) is 3.04. The summed E-state index contributed by atoms with van der Waals surface area (Å²) in [6, 6.07) is 3.75. The van der Waals surface area contributed by atoms with E-state index in [1.807, 2.05) is 0 Å². The standard InChI is InChI=1S/C13H14F3NO2/c1-8-6-9(2-5-11(8)18)12(19)17(10-3-4-10)7-13(14,15)16/h2,5-6,10,18H,3-4,7H2,1H3. The summed E-state index contributed by atoms with van der Waals surface area (Å²) in [6.07, 6.45) is -3.18. The monoisotopic (exact) mass is 273 g/mol. The highest BCUT2D eigenvalue weighted by molar-refractivity contribution is 5.95. The number of alkyl halides is 3. The van der Waals surface area contributed by atoms with Gasteiger partial charge in [-0.05, 0) is 43.5 Å². The Balaban J connectivity index is 2.21. The molecular weight excluding hydrogens is 259 g/mol. The molecule has 0 aliphatic heterocycles. The summed E-state index contributed by atoms with van der Waals surface area (Å²) < 4.78 is 37.4. The second kappa shape index (κ2) is 4.75. The third-order valence-electron chi connectivity index (χ3n) is 3.04. The largest absolute Gasteiger partial charge is 0.508 e. The molecule has 0 aromatic heterocycles. The fraction of sp³-hybridized carbons (Fsp3) is 0.462. The summed E-state index contributed by atoms with van der Waals surface area (Å²) in [6.45, 7) is 0.369. The van der Waals surface area contributed by atoms with Crippen LogP contribution in [0.25, 0.3) is 0 Å². The molecule has 0 bridgehead atoms. The molecule has 2 rings (SSSR count). The van der Waals surface area contributed by atoms with E-state index in [1.165, 1.54) is 18.2 Å². The van der Waals surface area contributed by atoms with Crippen LogP contribution < -0.4 is 0 Å². The molecule has 6 heteroatoms. The summed E-state index contributed by atoms with van der Waals surface area (Å²) in [4.78, 5) is 13.0. The number of phenolic OH excluding ortho intramolecular Hbond substituents is 1. The van der Waals surface area contributed by atoms with Gasteiger partial charge in [0.05, 0.1) is 0 Å². The number of nitrogens with zero attached hydrogens (tertiary/aromatic N) is 1. The number of benzene rings is 1. The lowest BCUT2D eigenvalue weighted by Crippen LogP contribution is -2.40. The molecule has 0 unspecified atom stereocenters. The maximum absolute atomic E-state index is 12.5. The average molecular weight is 273 g/mol. The fourth-order valence-corrected chi connectivity index (χ4v) is 1.90. The number of rotatable bonds is 3. The molecule has 0 spiro atoms. The SMILES string of the molecule is Cc1cc(C(=O)N(CC(F)(F)F)C2CC2)ccc1O. The van der Waals surface area contributed by atoms with E-state index in [2.05, 4.69) is 0 Å². The zero-order valence-electron chi connectivity index (χ0n) is 10.4. The molecule has 1 amide bonds. The van der Waals surface area contributed by atoms with Crippen molar-refractivity contribution in [2.45, 2.75) is 32.0 Å². The Labute approximate surface area is 108 Å². The number of aryl methyl sites for hydroxylation is 1. The van der Waals surface area contributed by atoms with E-state index in [0.717, 1.165) is 4.90 Å². The van der Waals surface area contributed by atoms with Crippen LogP contribution >= 0.6 is 0 Å². The number of hydrogen-bond donors (Lipinski definition) is 1. The van der Waals surface area contributed by atoms with Gasteiger partial charge in [0.25, 0.3) is 5.91 Å². The molecule has 0 radical (unpaired) electrons. The van der Waals surface area contributed by atoms with Gasteiger partial charge in [-0.2, -0.15) is 13.2 Å². The first-order valence-corrected chi connectivity index (χ1v) is 5.95. The summed E-state index contributed by atoms with van der Waals surface area (Å²) in [7, 11) is 0. The lowest BCUT2D eigenvalue weighted by Gasteiger charge is -2.24. The lowest BCUT2D eigenvalue weighted by molar-refractivity contribution is -0.141. The second-order valence-electron chi connectivity index (χ2n) is 4.78. The molecule has 1 aromatic rings. The van der Waals surface area contributed by atoms with E-state index >= 15 is 0 Å². The Morgan fingerprint density at radius 3 is 2.53 bits per heavy atom. The topological polar surface area (TPSA) is 40.5 Å². The summed E-state index contributed by atoms with van der Waals surface area (Å²) in [5.74, 6) is -0.617.